The monoisotopic (exact) mass is 495 g/mol. The van der Waals surface area contributed by atoms with Gasteiger partial charge in [0.05, 0.1) is 12.3 Å². The largest absolute Gasteiger partial charge is 0.490 e. The van der Waals surface area contributed by atoms with Crippen molar-refractivity contribution in [1.29, 1.82) is 0 Å². The molecule has 0 fully saturated rings. The van der Waals surface area contributed by atoms with E-state index in [2.05, 4.69) is 9.72 Å². The third-order valence-corrected chi connectivity index (χ3v) is 5.41. The van der Waals surface area contributed by atoms with Crippen LogP contribution in [-0.4, -0.2) is 40.5 Å². The summed E-state index contributed by atoms with van der Waals surface area (Å²) in [5.74, 6) is 0.493. The number of fused-ring (bicyclic) bond motifs is 1. The second-order valence-corrected chi connectivity index (χ2v) is 8.27. The quantitative estimate of drug-likeness (QED) is 0.291. The summed E-state index contributed by atoms with van der Waals surface area (Å²) in [6, 6.07) is 15.5. The molecule has 0 radical (unpaired) electrons. The molecular formula is C27H27F2N3O4. The van der Waals surface area contributed by atoms with Crippen LogP contribution in [0.3, 0.4) is 0 Å². The Balaban J connectivity index is 1.41. The lowest BCUT2D eigenvalue weighted by Gasteiger charge is -2.19. The topological polar surface area (TPSA) is 65.3 Å². The molecule has 2 aromatic carbocycles. The van der Waals surface area contributed by atoms with Crippen LogP contribution in [0.4, 0.5) is 8.78 Å². The van der Waals surface area contributed by atoms with Crippen molar-refractivity contribution in [2.24, 2.45) is 0 Å². The number of halogens is 2. The van der Waals surface area contributed by atoms with E-state index in [4.69, 9.17) is 9.47 Å². The van der Waals surface area contributed by atoms with Crippen molar-refractivity contribution in [1.82, 2.24) is 14.3 Å². The smallest absolute Gasteiger partial charge is 0.387 e. The first-order chi connectivity index (χ1) is 17.3. The molecule has 0 N–H and O–H groups in total. The number of amides is 1. The molecule has 0 unspecified atom stereocenters. The predicted octanol–water partition coefficient (Wildman–Crippen LogP) is 5.49. The van der Waals surface area contributed by atoms with Crippen molar-refractivity contribution in [2.45, 2.75) is 33.6 Å². The Morgan fingerprint density at radius 2 is 1.89 bits per heavy atom. The van der Waals surface area contributed by atoms with E-state index in [1.54, 1.807) is 50.4 Å². The van der Waals surface area contributed by atoms with Gasteiger partial charge in [-0.2, -0.15) is 8.78 Å². The fourth-order valence-electron chi connectivity index (χ4n) is 3.78. The first-order valence-corrected chi connectivity index (χ1v) is 11.5. The summed E-state index contributed by atoms with van der Waals surface area (Å²) in [7, 11) is 1.67. The Hall–Kier alpha value is -4.14. The Morgan fingerprint density at radius 3 is 2.67 bits per heavy atom. The van der Waals surface area contributed by atoms with Crippen molar-refractivity contribution in [3.63, 3.8) is 0 Å². The third-order valence-electron chi connectivity index (χ3n) is 5.41. The summed E-state index contributed by atoms with van der Waals surface area (Å²) < 4.78 is 43.1. The molecule has 2 aromatic heterocycles. The minimum atomic E-state index is -2.95. The average Bonchev–Trinajstić information content (AvgIpc) is 3.26. The fraction of sp³-hybridized carbons (Fsp3) is 0.259. The Kier molecular flexibility index (Phi) is 7.68. The van der Waals surface area contributed by atoms with E-state index in [-0.39, 0.29) is 30.6 Å². The number of aryl methyl sites for hydroxylation is 1. The van der Waals surface area contributed by atoms with Crippen LogP contribution in [0.1, 0.15) is 34.1 Å². The highest BCUT2D eigenvalue weighted by molar-refractivity contribution is 5.94. The number of pyridine rings is 1. The van der Waals surface area contributed by atoms with Gasteiger partial charge in [-0.15, -0.1) is 0 Å². The summed E-state index contributed by atoms with van der Waals surface area (Å²) in [6.07, 6.45) is 3.91. The molecule has 1 amide bonds. The number of hydrogen-bond acceptors (Lipinski definition) is 5. The lowest BCUT2D eigenvalue weighted by atomic mass is 10.1. The predicted molar refractivity (Wildman–Crippen MR) is 131 cm³/mol. The van der Waals surface area contributed by atoms with Gasteiger partial charge in [-0.25, -0.2) is 4.98 Å². The molecule has 7 nitrogen and oxygen atoms in total. The number of ether oxygens (including phenoxy) is 3. The van der Waals surface area contributed by atoms with Crippen LogP contribution in [0.25, 0.3) is 5.65 Å². The Morgan fingerprint density at radius 1 is 1.06 bits per heavy atom. The maximum atomic E-state index is 13.0. The second-order valence-electron chi connectivity index (χ2n) is 8.27. The third kappa shape index (κ3) is 6.10. The van der Waals surface area contributed by atoms with Crippen LogP contribution in [0, 0.1) is 6.92 Å². The van der Waals surface area contributed by atoms with Gasteiger partial charge < -0.3 is 23.5 Å². The van der Waals surface area contributed by atoms with Gasteiger partial charge in [-0.3, -0.25) is 4.79 Å². The molecular weight excluding hydrogens is 468 g/mol. The SMILES string of the molecule is CCOc1cc(CN(C)C(=O)c2cccc(OCc3cn4cc(C)ccc4n3)c2)ccc1OC(F)F. The molecule has 0 aliphatic carbocycles. The number of carbonyl (C=O) groups excluding carboxylic acids is 1. The maximum absolute atomic E-state index is 13.0. The molecule has 2 heterocycles. The van der Waals surface area contributed by atoms with Gasteiger partial charge in [-0.05, 0) is 61.4 Å². The molecule has 9 heteroatoms. The zero-order valence-corrected chi connectivity index (χ0v) is 20.3. The normalized spacial score (nSPS) is 11.1. The highest BCUT2D eigenvalue weighted by atomic mass is 19.3. The number of imidazole rings is 1. The van der Waals surface area contributed by atoms with Crippen molar-refractivity contribution < 1.29 is 27.8 Å². The summed E-state index contributed by atoms with van der Waals surface area (Å²) in [4.78, 5) is 19.1. The van der Waals surface area contributed by atoms with Crippen LogP contribution in [-0.2, 0) is 13.2 Å². The average molecular weight is 496 g/mol. The molecule has 36 heavy (non-hydrogen) atoms. The van der Waals surface area contributed by atoms with E-state index in [0.29, 0.717) is 23.5 Å². The minimum Gasteiger partial charge on any atom is -0.490 e. The van der Waals surface area contributed by atoms with Gasteiger partial charge in [0.1, 0.15) is 18.0 Å². The van der Waals surface area contributed by atoms with Gasteiger partial charge in [0, 0.05) is 31.5 Å². The summed E-state index contributed by atoms with van der Waals surface area (Å²) in [6.45, 7) is 1.62. The standard InChI is InChI=1S/C27H27F2N3O4/c1-4-34-24-12-19(9-10-23(24)36-27(28)29)15-31(3)26(33)20-6-5-7-22(13-20)35-17-21-16-32-14-18(2)8-11-25(32)30-21/h5-14,16,27H,4,15,17H2,1-3H3. The molecule has 0 saturated heterocycles. The highest BCUT2D eigenvalue weighted by Gasteiger charge is 2.16. The van der Waals surface area contributed by atoms with Crippen molar-refractivity contribution in [3.05, 3.63) is 89.4 Å². The number of carbonyl (C=O) groups is 1. The molecule has 4 aromatic rings. The molecule has 0 bridgehead atoms. The number of hydrogen-bond donors (Lipinski definition) is 0. The Labute approximate surface area is 207 Å². The molecule has 0 aliphatic rings. The maximum Gasteiger partial charge on any atom is 0.387 e. The molecule has 0 spiro atoms. The molecule has 0 atom stereocenters. The van der Waals surface area contributed by atoms with Crippen LogP contribution >= 0.6 is 0 Å². The van der Waals surface area contributed by atoms with Gasteiger partial charge in [-0.1, -0.05) is 18.2 Å². The zero-order chi connectivity index (χ0) is 25.7. The number of benzene rings is 2. The van der Waals surface area contributed by atoms with Gasteiger partial charge >= 0.3 is 6.61 Å². The lowest BCUT2D eigenvalue weighted by molar-refractivity contribution is -0.0514. The molecule has 188 valence electrons. The van der Waals surface area contributed by atoms with Crippen molar-refractivity contribution >= 4 is 11.6 Å². The number of nitrogens with zero attached hydrogens (tertiary/aromatic N) is 3. The van der Waals surface area contributed by atoms with E-state index in [9.17, 15) is 13.6 Å². The second kappa shape index (κ2) is 11.1. The molecule has 0 aliphatic heterocycles. The van der Waals surface area contributed by atoms with E-state index in [1.807, 2.05) is 35.9 Å². The van der Waals surface area contributed by atoms with E-state index >= 15 is 0 Å². The molecule has 4 rings (SSSR count). The van der Waals surface area contributed by atoms with Crippen LogP contribution in [0.15, 0.2) is 67.0 Å². The first kappa shape index (κ1) is 25.0. The van der Waals surface area contributed by atoms with Crippen LogP contribution < -0.4 is 14.2 Å². The van der Waals surface area contributed by atoms with E-state index < -0.39 is 6.61 Å². The van der Waals surface area contributed by atoms with Crippen molar-refractivity contribution in [2.75, 3.05) is 13.7 Å². The zero-order valence-electron chi connectivity index (χ0n) is 20.3. The number of alkyl halides is 2. The fourth-order valence-corrected chi connectivity index (χ4v) is 3.78. The summed E-state index contributed by atoms with van der Waals surface area (Å²) in [5, 5.41) is 0. The van der Waals surface area contributed by atoms with Gasteiger partial charge in [0.2, 0.25) is 0 Å². The van der Waals surface area contributed by atoms with Crippen LogP contribution in [0.2, 0.25) is 0 Å². The lowest BCUT2D eigenvalue weighted by Crippen LogP contribution is -2.26. The van der Waals surface area contributed by atoms with E-state index in [0.717, 1.165) is 16.9 Å². The van der Waals surface area contributed by atoms with Crippen molar-refractivity contribution in [3.8, 4) is 17.2 Å². The first-order valence-electron chi connectivity index (χ1n) is 11.5. The summed E-state index contributed by atoms with van der Waals surface area (Å²) >= 11 is 0. The number of rotatable bonds is 10. The van der Waals surface area contributed by atoms with Gasteiger partial charge in [0.15, 0.2) is 11.5 Å². The van der Waals surface area contributed by atoms with Crippen LogP contribution in [0.5, 0.6) is 17.2 Å². The Bertz CT molecular complexity index is 1360. The van der Waals surface area contributed by atoms with E-state index in [1.165, 1.54) is 11.0 Å². The summed E-state index contributed by atoms with van der Waals surface area (Å²) in [5.41, 5.74) is 3.92. The van der Waals surface area contributed by atoms with Gasteiger partial charge in [0.25, 0.3) is 5.91 Å². The minimum absolute atomic E-state index is 0.0461. The molecule has 0 saturated carbocycles. The highest BCUT2D eigenvalue weighted by Crippen LogP contribution is 2.30. The number of aromatic nitrogens is 2.